The van der Waals surface area contributed by atoms with Crippen LogP contribution in [-0.4, -0.2) is 53.2 Å². The molecular weight excluding hydrogens is 276 g/mol. The summed E-state index contributed by atoms with van der Waals surface area (Å²) < 4.78 is 0. The van der Waals surface area contributed by atoms with Crippen molar-refractivity contribution in [1.29, 1.82) is 0 Å². The fraction of sp³-hybridized carbons (Fsp3) is 0.600. The van der Waals surface area contributed by atoms with Crippen LogP contribution in [0.25, 0.3) is 0 Å². The minimum Gasteiger partial charge on any atom is -0.391 e. The highest BCUT2D eigenvalue weighted by Gasteiger charge is 2.36. The first-order chi connectivity index (χ1) is 8.69. The molecule has 0 bridgehead atoms. The molecule has 6 nitrogen and oxygen atoms in total. The van der Waals surface area contributed by atoms with Gasteiger partial charge in [-0.2, -0.15) is 0 Å². The topological polar surface area (TPSA) is 68.7 Å². The Labute approximate surface area is 113 Å². The van der Waals surface area contributed by atoms with Crippen LogP contribution in [0.1, 0.15) is 4.88 Å². The summed E-state index contributed by atoms with van der Waals surface area (Å²) in [6.45, 7) is 2.80. The molecule has 3 rings (SSSR count). The molecule has 1 atom stereocenters. The van der Waals surface area contributed by atoms with E-state index in [0.717, 1.165) is 18.2 Å². The average molecular weight is 289 g/mol. The molecule has 0 aromatic carbocycles. The molecule has 98 valence electrons. The van der Waals surface area contributed by atoms with Gasteiger partial charge >= 0.3 is 6.03 Å². The van der Waals surface area contributed by atoms with E-state index >= 15 is 0 Å². The summed E-state index contributed by atoms with van der Waals surface area (Å²) in [6.07, 6.45) is 0. The molecule has 2 saturated heterocycles. The number of rotatable bonds is 2. The average Bonchev–Trinajstić information content (AvgIpc) is 2.93. The number of thiazole rings is 1. The van der Waals surface area contributed by atoms with Crippen LogP contribution in [0, 0.1) is 0 Å². The molecule has 3 heterocycles. The first-order valence-corrected chi connectivity index (χ1v) is 6.94. The monoisotopic (exact) mass is 288 g/mol. The Morgan fingerprint density at radius 1 is 1.56 bits per heavy atom. The molecule has 1 aromatic heterocycles. The summed E-state index contributed by atoms with van der Waals surface area (Å²) in [5.74, 6) is 0. The minimum absolute atomic E-state index is 0.0212. The molecule has 0 spiro atoms. The third-order valence-electron chi connectivity index (χ3n) is 3.29. The largest absolute Gasteiger partial charge is 0.391 e. The van der Waals surface area contributed by atoms with Crippen LogP contribution in [0.3, 0.4) is 0 Å². The number of halogens is 1. The fourth-order valence-corrected chi connectivity index (χ4v) is 3.48. The summed E-state index contributed by atoms with van der Waals surface area (Å²) in [5.41, 5.74) is 0. The molecule has 1 unspecified atom stereocenters. The van der Waals surface area contributed by atoms with Gasteiger partial charge in [0.25, 0.3) is 0 Å². The zero-order valence-corrected chi connectivity index (χ0v) is 11.2. The number of nitrogens with zero attached hydrogens (tertiary/aromatic N) is 3. The van der Waals surface area contributed by atoms with Crippen molar-refractivity contribution < 1.29 is 9.90 Å². The van der Waals surface area contributed by atoms with Gasteiger partial charge in [-0.25, -0.2) is 9.78 Å². The lowest BCUT2D eigenvalue weighted by Gasteiger charge is -2.36. The van der Waals surface area contributed by atoms with E-state index in [4.69, 9.17) is 16.7 Å². The number of hydrogen-bond donors (Lipinski definition) is 2. The Hall–Kier alpha value is -1.05. The van der Waals surface area contributed by atoms with Crippen molar-refractivity contribution in [2.45, 2.75) is 12.6 Å². The van der Waals surface area contributed by atoms with Gasteiger partial charge in [0.2, 0.25) is 0 Å². The van der Waals surface area contributed by atoms with Crippen molar-refractivity contribution in [3.05, 3.63) is 10.0 Å². The van der Waals surface area contributed by atoms with Crippen LogP contribution in [0.15, 0.2) is 0 Å². The number of carbonyl (C=O) groups excluding carboxylic acids is 1. The highest BCUT2D eigenvalue weighted by Crippen LogP contribution is 2.31. The standard InChI is InChI=1S/C10H13ClN4O2S/c11-8-7(5-16)18-10(13-8)14-1-2-15-6(4-14)3-12-9(15)17/h6,16H,1-5H2,(H,12,17). The SMILES string of the molecule is O=C1NCC2CN(c3nc(Cl)c(CO)s3)CCN12. The first kappa shape index (κ1) is 12.0. The van der Waals surface area contributed by atoms with Gasteiger partial charge in [-0.3, -0.25) is 0 Å². The van der Waals surface area contributed by atoms with Crippen molar-refractivity contribution >= 4 is 34.1 Å². The molecule has 18 heavy (non-hydrogen) atoms. The van der Waals surface area contributed by atoms with Crippen LogP contribution in [0.5, 0.6) is 0 Å². The van der Waals surface area contributed by atoms with E-state index < -0.39 is 0 Å². The normalized spacial score (nSPS) is 23.2. The molecule has 0 aliphatic carbocycles. The Bertz CT molecular complexity index is 480. The molecule has 8 heteroatoms. The number of fused-ring (bicyclic) bond motifs is 1. The molecule has 2 fully saturated rings. The molecule has 2 aliphatic heterocycles. The number of carbonyl (C=O) groups is 1. The molecule has 2 amide bonds. The third kappa shape index (κ3) is 1.92. The predicted octanol–water partition coefficient (Wildman–Crippen LogP) is 0.503. The van der Waals surface area contributed by atoms with Crippen molar-refractivity contribution in [1.82, 2.24) is 15.2 Å². The van der Waals surface area contributed by atoms with E-state index in [1.54, 1.807) is 0 Å². The van der Waals surface area contributed by atoms with Crippen molar-refractivity contribution in [2.75, 3.05) is 31.1 Å². The first-order valence-electron chi connectivity index (χ1n) is 5.74. The van der Waals surface area contributed by atoms with Gasteiger partial charge in [-0.15, -0.1) is 0 Å². The lowest BCUT2D eigenvalue weighted by molar-refractivity contribution is 0.197. The highest BCUT2D eigenvalue weighted by atomic mass is 35.5. The second-order valence-corrected chi connectivity index (χ2v) is 5.77. The molecule has 0 radical (unpaired) electrons. The highest BCUT2D eigenvalue weighted by molar-refractivity contribution is 7.16. The fourth-order valence-electron chi connectivity index (χ4n) is 2.33. The number of aromatic nitrogens is 1. The van der Waals surface area contributed by atoms with E-state index in [1.165, 1.54) is 11.3 Å². The summed E-state index contributed by atoms with van der Waals surface area (Å²) in [6, 6.07) is 0.222. The maximum absolute atomic E-state index is 11.5. The molecule has 0 saturated carbocycles. The summed E-state index contributed by atoms with van der Waals surface area (Å²) >= 11 is 7.34. The van der Waals surface area contributed by atoms with Crippen LogP contribution >= 0.6 is 22.9 Å². The number of hydrogen-bond acceptors (Lipinski definition) is 5. The zero-order chi connectivity index (χ0) is 12.7. The second-order valence-electron chi connectivity index (χ2n) is 4.35. The van der Waals surface area contributed by atoms with Gasteiger partial charge in [0.15, 0.2) is 5.13 Å². The van der Waals surface area contributed by atoms with Crippen molar-refractivity contribution in [3.8, 4) is 0 Å². The van der Waals surface area contributed by atoms with E-state index in [9.17, 15) is 4.79 Å². The number of aliphatic hydroxyl groups excluding tert-OH is 1. The lowest BCUT2D eigenvalue weighted by atomic mass is 10.2. The minimum atomic E-state index is -0.0834. The summed E-state index contributed by atoms with van der Waals surface area (Å²) in [7, 11) is 0. The number of aliphatic hydroxyl groups is 1. The lowest BCUT2D eigenvalue weighted by Crippen LogP contribution is -2.52. The van der Waals surface area contributed by atoms with Gasteiger partial charge in [0.05, 0.1) is 17.5 Å². The van der Waals surface area contributed by atoms with Crippen LogP contribution < -0.4 is 10.2 Å². The number of anilines is 1. The maximum atomic E-state index is 11.5. The van der Waals surface area contributed by atoms with Crippen LogP contribution in [0.4, 0.5) is 9.93 Å². The number of amides is 2. The molecule has 2 aliphatic rings. The van der Waals surface area contributed by atoms with Crippen LogP contribution in [0.2, 0.25) is 5.15 Å². The summed E-state index contributed by atoms with van der Waals surface area (Å²) in [5, 5.41) is 13.2. The third-order valence-corrected chi connectivity index (χ3v) is 4.81. The Morgan fingerprint density at radius 2 is 2.39 bits per heavy atom. The van der Waals surface area contributed by atoms with Crippen LogP contribution in [-0.2, 0) is 6.61 Å². The van der Waals surface area contributed by atoms with E-state index in [1.807, 2.05) is 4.90 Å². The molecule has 1 aromatic rings. The zero-order valence-electron chi connectivity index (χ0n) is 9.60. The van der Waals surface area contributed by atoms with Gasteiger partial charge < -0.3 is 20.2 Å². The Kier molecular flexibility index (Phi) is 3.04. The van der Waals surface area contributed by atoms with Crippen molar-refractivity contribution in [3.63, 3.8) is 0 Å². The van der Waals surface area contributed by atoms with Gasteiger partial charge in [0.1, 0.15) is 5.15 Å². The quantitative estimate of drug-likeness (QED) is 0.832. The van der Waals surface area contributed by atoms with Gasteiger partial charge in [0, 0.05) is 26.2 Å². The number of urea groups is 1. The van der Waals surface area contributed by atoms with Crippen molar-refractivity contribution in [2.24, 2.45) is 0 Å². The van der Waals surface area contributed by atoms with E-state index in [-0.39, 0.29) is 18.7 Å². The van der Waals surface area contributed by atoms with Gasteiger partial charge in [-0.1, -0.05) is 22.9 Å². The second kappa shape index (κ2) is 4.56. The molecule has 2 N–H and O–H groups in total. The van der Waals surface area contributed by atoms with Gasteiger partial charge in [-0.05, 0) is 0 Å². The number of nitrogens with one attached hydrogen (secondary N) is 1. The predicted molar refractivity (Wildman–Crippen MR) is 69.2 cm³/mol. The Balaban J connectivity index is 1.76. The number of piperazine rings is 1. The van der Waals surface area contributed by atoms with E-state index in [0.29, 0.717) is 23.1 Å². The maximum Gasteiger partial charge on any atom is 0.317 e. The molecular formula is C10H13ClN4O2S. The van der Waals surface area contributed by atoms with E-state index in [2.05, 4.69) is 15.2 Å². The smallest absolute Gasteiger partial charge is 0.317 e. The summed E-state index contributed by atoms with van der Waals surface area (Å²) in [4.78, 5) is 20.4. The Morgan fingerprint density at radius 3 is 3.11 bits per heavy atom.